The quantitative estimate of drug-likeness (QED) is 0.622. The molecule has 1 saturated carbocycles. The summed E-state index contributed by atoms with van der Waals surface area (Å²) in [5.41, 5.74) is 6.58. The second-order valence-corrected chi connectivity index (χ2v) is 4.75. The Kier molecular flexibility index (Phi) is 4.39. The second kappa shape index (κ2) is 6.22. The molecule has 0 heterocycles. The van der Waals surface area contributed by atoms with Crippen LogP contribution in [0.1, 0.15) is 36.0 Å². The third kappa shape index (κ3) is 3.71. The maximum atomic E-state index is 11.7. The zero-order valence-electron chi connectivity index (χ0n) is 10.7. The summed E-state index contributed by atoms with van der Waals surface area (Å²) in [6, 6.07) is 5.01. The van der Waals surface area contributed by atoms with Crippen LogP contribution in [0, 0.1) is 0 Å². The number of carbonyl (C=O) groups excluding carboxylic acids is 2. The van der Waals surface area contributed by atoms with Crippen molar-refractivity contribution < 1.29 is 14.3 Å². The van der Waals surface area contributed by atoms with Crippen LogP contribution in [-0.4, -0.2) is 24.8 Å². The van der Waals surface area contributed by atoms with Crippen LogP contribution >= 0.6 is 0 Å². The van der Waals surface area contributed by atoms with Gasteiger partial charge in [-0.1, -0.05) is 12.8 Å². The standard InChI is InChI=1S/C14H18N2O3/c15-12-7-10(8-17)5-6-13(12)19-9-14(18)16-11-3-1-2-4-11/h5-8,11H,1-4,9,15H2,(H,16,18). The smallest absolute Gasteiger partial charge is 0.258 e. The number of anilines is 1. The first-order valence-electron chi connectivity index (χ1n) is 6.46. The van der Waals surface area contributed by atoms with Crippen molar-refractivity contribution in [2.45, 2.75) is 31.7 Å². The maximum Gasteiger partial charge on any atom is 0.258 e. The van der Waals surface area contributed by atoms with Gasteiger partial charge in [0.25, 0.3) is 5.91 Å². The number of nitrogens with one attached hydrogen (secondary N) is 1. The Hall–Kier alpha value is -2.04. The van der Waals surface area contributed by atoms with Gasteiger partial charge in [0.1, 0.15) is 12.0 Å². The number of hydrogen-bond acceptors (Lipinski definition) is 4. The highest BCUT2D eigenvalue weighted by atomic mass is 16.5. The van der Waals surface area contributed by atoms with E-state index in [9.17, 15) is 9.59 Å². The lowest BCUT2D eigenvalue weighted by Gasteiger charge is -2.13. The highest BCUT2D eigenvalue weighted by Gasteiger charge is 2.17. The molecule has 0 aliphatic heterocycles. The maximum absolute atomic E-state index is 11.7. The van der Waals surface area contributed by atoms with Crippen molar-refractivity contribution in [1.82, 2.24) is 5.32 Å². The summed E-state index contributed by atoms with van der Waals surface area (Å²) < 4.78 is 5.36. The molecule has 3 N–H and O–H groups in total. The van der Waals surface area contributed by atoms with E-state index < -0.39 is 0 Å². The molecule has 5 heteroatoms. The van der Waals surface area contributed by atoms with E-state index in [0.717, 1.165) is 12.8 Å². The van der Waals surface area contributed by atoms with E-state index in [1.165, 1.54) is 18.9 Å². The molecule has 1 aromatic rings. The lowest BCUT2D eigenvalue weighted by atomic mass is 10.2. The average molecular weight is 262 g/mol. The van der Waals surface area contributed by atoms with Crippen LogP contribution in [0.15, 0.2) is 18.2 Å². The van der Waals surface area contributed by atoms with Crippen molar-refractivity contribution in [3.8, 4) is 5.75 Å². The fourth-order valence-electron chi connectivity index (χ4n) is 2.25. The van der Waals surface area contributed by atoms with Gasteiger partial charge in [-0.25, -0.2) is 0 Å². The molecule has 1 aliphatic carbocycles. The molecule has 0 atom stereocenters. The first-order valence-corrected chi connectivity index (χ1v) is 6.46. The van der Waals surface area contributed by atoms with Gasteiger partial charge in [-0.2, -0.15) is 0 Å². The number of hydrogen-bond donors (Lipinski definition) is 2. The Labute approximate surface area is 112 Å². The molecule has 102 valence electrons. The van der Waals surface area contributed by atoms with Crippen LogP contribution in [0.5, 0.6) is 5.75 Å². The third-order valence-electron chi connectivity index (χ3n) is 3.25. The normalized spacial score (nSPS) is 15.2. The lowest BCUT2D eigenvalue weighted by Crippen LogP contribution is -2.36. The molecule has 2 rings (SSSR count). The molecular formula is C14H18N2O3. The number of benzene rings is 1. The van der Waals surface area contributed by atoms with Crippen molar-refractivity contribution >= 4 is 17.9 Å². The van der Waals surface area contributed by atoms with Crippen LogP contribution in [0.3, 0.4) is 0 Å². The molecule has 19 heavy (non-hydrogen) atoms. The Morgan fingerprint density at radius 1 is 1.42 bits per heavy atom. The first-order chi connectivity index (χ1) is 9.19. The zero-order chi connectivity index (χ0) is 13.7. The summed E-state index contributed by atoms with van der Waals surface area (Å²) in [7, 11) is 0. The molecular weight excluding hydrogens is 244 g/mol. The summed E-state index contributed by atoms with van der Waals surface area (Å²) in [4.78, 5) is 22.2. The number of rotatable bonds is 5. The monoisotopic (exact) mass is 262 g/mol. The van der Waals surface area contributed by atoms with Gasteiger partial charge in [0.15, 0.2) is 6.61 Å². The molecule has 0 spiro atoms. The molecule has 0 saturated heterocycles. The Balaban J connectivity index is 1.84. The Morgan fingerprint density at radius 3 is 2.79 bits per heavy atom. The zero-order valence-corrected chi connectivity index (χ0v) is 10.7. The van der Waals surface area contributed by atoms with Crippen molar-refractivity contribution in [2.75, 3.05) is 12.3 Å². The largest absolute Gasteiger partial charge is 0.482 e. The van der Waals surface area contributed by atoms with E-state index in [4.69, 9.17) is 10.5 Å². The molecule has 0 bridgehead atoms. The Bertz CT molecular complexity index is 468. The molecule has 0 radical (unpaired) electrons. The minimum absolute atomic E-state index is 0.0544. The van der Waals surface area contributed by atoms with Crippen molar-refractivity contribution in [1.29, 1.82) is 0 Å². The Morgan fingerprint density at radius 2 is 2.16 bits per heavy atom. The van der Waals surface area contributed by atoms with E-state index in [0.29, 0.717) is 23.3 Å². The van der Waals surface area contributed by atoms with E-state index >= 15 is 0 Å². The van der Waals surface area contributed by atoms with Gasteiger partial charge >= 0.3 is 0 Å². The van der Waals surface area contributed by atoms with Gasteiger partial charge in [0.2, 0.25) is 0 Å². The summed E-state index contributed by atoms with van der Waals surface area (Å²) >= 11 is 0. The fourth-order valence-corrected chi connectivity index (χ4v) is 2.25. The van der Waals surface area contributed by atoms with Gasteiger partial charge in [-0.3, -0.25) is 9.59 Å². The van der Waals surface area contributed by atoms with Gasteiger partial charge in [0.05, 0.1) is 5.69 Å². The van der Waals surface area contributed by atoms with Crippen molar-refractivity contribution in [2.24, 2.45) is 0 Å². The molecule has 0 aromatic heterocycles. The van der Waals surface area contributed by atoms with Gasteiger partial charge in [0, 0.05) is 11.6 Å². The van der Waals surface area contributed by atoms with E-state index in [2.05, 4.69) is 5.32 Å². The summed E-state index contributed by atoms with van der Waals surface area (Å²) in [5, 5.41) is 2.93. The van der Waals surface area contributed by atoms with Crippen LogP contribution in [-0.2, 0) is 4.79 Å². The van der Waals surface area contributed by atoms with E-state index in [1.807, 2.05) is 0 Å². The highest BCUT2D eigenvalue weighted by Crippen LogP contribution is 2.22. The predicted molar refractivity (Wildman–Crippen MR) is 72.1 cm³/mol. The molecule has 1 aromatic carbocycles. The highest BCUT2D eigenvalue weighted by molar-refractivity contribution is 5.79. The number of aldehydes is 1. The summed E-state index contributed by atoms with van der Waals surface area (Å²) in [5.74, 6) is 0.290. The molecule has 1 fully saturated rings. The number of amides is 1. The van der Waals surface area contributed by atoms with Crippen molar-refractivity contribution in [3.05, 3.63) is 23.8 Å². The summed E-state index contributed by atoms with van der Waals surface area (Å²) in [6.45, 7) is -0.0544. The number of carbonyl (C=O) groups is 2. The van der Waals surface area contributed by atoms with E-state index in [-0.39, 0.29) is 18.6 Å². The molecule has 5 nitrogen and oxygen atoms in total. The minimum atomic E-state index is -0.134. The van der Waals surface area contributed by atoms with E-state index in [1.54, 1.807) is 12.1 Å². The summed E-state index contributed by atoms with van der Waals surface area (Å²) in [6.07, 6.45) is 5.15. The minimum Gasteiger partial charge on any atom is -0.482 e. The van der Waals surface area contributed by atoms with Crippen molar-refractivity contribution in [3.63, 3.8) is 0 Å². The van der Waals surface area contributed by atoms with Crippen LogP contribution < -0.4 is 15.8 Å². The number of nitrogen functional groups attached to an aromatic ring is 1. The number of nitrogens with two attached hydrogens (primary N) is 1. The fraction of sp³-hybridized carbons (Fsp3) is 0.429. The van der Waals surface area contributed by atoms with Crippen LogP contribution in [0.25, 0.3) is 0 Å². The molecule has 0 unspecified atom stereocenters. The lowest BCUT2D eigenvalue weighted by molar-refractivity contribution is -0.123. The average Bonchev–Trinajstić information content (AvgIpc) is 2.90. The first kappa shape index (κ1) is 13.4. The van der Waals surface area contributed by atoms with Gasteiger partial charge < -0.3 is 15.8 Å². The SMILES string of the molecule is Nc1cc(C=O)ccc1OCC(=O)NC1CCCC1. The molecule has 1 amide bonds. The van der Waals surface area contributed by atoms with Gasteiger partial charge in [-0.15, -0.1) is 0 Å². The number of ether oxygens (including phenoxy) is 1. The molecule has 1 aliphatic rings. The predicted octanol–water partition coefficient (Wildman–Crippen LogP) is 1.52. The topological polar surface area (TPSA) is 81.4 Å². The van der Waals surface area contributed by atoms with Gasteiger partial charge in [-0.05, 0) is 31.0 Å². The second-order valence-electron chi connectivity index (χ2n) is 4.75. The van der Waals surface area contributed by atoms with Crippen LogP contribution in [0.4, 0.5) is 5.69 Å². The third-order valence-corrected chi connectivity index (χ3v) is 3.25. The van der Waals surface area contributed by atoms with Crippen LogP contribution in [0.2, 0.25) is 0 Å².